The van der Waals surface area contributed by atoms with E-state index in [1.165, 1.54) is 23.7 Å². The lowest BCUT2D eigenvalue weighted by Crippen LogP contribution is -2.36. The lowest BCUT2D eigenvalue weighted by Gasteiger charge is -2.18. The number of rotatable bonds is 5. The zero-order chi connectivity index (χ0) is 16.9. The Morgan fingerprint density at radius 2 is 2.00 bits per heavy atom. The van der Waals surface area contributed by atoms with Crippen LogP contribution in [0.1, 0.15) is 26.3 Å². The van der Waals surface area contributed by atoms with Gasteiger partial charge in [-0.05, 0) is 12.5 Å². The van der Waals surface area contributed by atoms with Crippen LogP contribution in [0, 0.1) is 6.92 Å². The molecule has 24 heavy (non-hydrogen) atoms. The highest BCUT2D eigenvalue weighted by atomic mass is 32.1. The van der Waals surface area contributed by atoms with Crippen molar-refractivity contribution in [3.8, 4) is 0 Å². The van der Waals surface area contributed by atoms with Crippen molar-refractivity contribution in [3.63, 3.8) is 0 Å². The van der Waals surface area contributed by atoms with Gasteiger partial charge in [-0.15, -0.1) is 11.3 Å². The molecule has 122 valence electrons. The molecule has 0 spiro atoms. The summed E-state index contributed by atoms with van der Waals surface area (Å²) in [6, 6.07) is 9.86. The van der Waals surface area contributed by atoms with Crippen molar-refractivity contribution in [1.82, 2.24) is 20.5 Å². The summed E-state index contributed by atoms with van der Waals surface area (Å²) in [6.07, 6.45) is 3.04. The quantitative estimate of drug-likeness (QED) is 0.663. The van der Waals surface area contributed by atoms with Crippen LogP contribution >= 0.6 is 11.3 Å². The molecule has 3 aromatic rings. The van der Waals surface area contributed by atoms with E-state index in [9.17, 15) is 9.59 Å². The minimum Gasteiger partial charge on any atom is -0.336 e. The number of thiazole rings is 1. The Kier molecular flexibility index (Phi) is 4.66. The minimum absolute atomic E-state index is 0.339. The molecule has 3 N–H and O–H groups in total. The molecule has 0 aliphatic carbocycles. The molecule has 0 unspecified atom stereocenters. The number of carbonyl (C=O) groups excluding carboxylic acids is 2. The van der Waals surface area contributed by atoms with E-state index in [-0.39, 0.29) is 11.8 Å². The van der Waals surface area contributed by atoms with Crippen molar-refractivity contribution in [2.45, 2.75) is 13.0 Å². The van der Waals surface area contributed by atoms with E-state index >= 15 is 0 Å². The van der Waals surface area contributed by atoms with Gasteiger partial charge in [-0.2, -0.15) is 5.10 Å². The maximum Gasteiger partial charge on any atom is 0.263 e. The molecule has 2 aromatic heterocycles. The van der Waals surface area contributed by atoms with Gasteiger partial charge < -0.3 is 10.6 Å². The van der Waals surface area contributed by atoms with Crippen molar-refractivity contribution >= 4 is 29.0 Å². The van der Waals surface area contributed by atoms with Crippen molar-refractivity contribution in [3.05, 3.63) is 64.2 Å². The molecule has 0 saturated heterocycles. The first-order valence-corrected chi connectivity index (χ1v) is 8.03. The van der Waals surface area contributed by atoms with Crippen molar-refractivity contribution in [1.29, 1.82) is 0 Å². The van der Waals surface area contributed by atoms with Gasteiger partial charge in [-0.1, -0.05) is 30.3 Å². The summed E-state index contributed by atoms with van der Waals surface area (Å²) in [7, 11) is 0. The highest BCUT2D eigenvalue weighted by molar-refractivity contribution is 7.13. The molecule has 1 atom stereocenters. The summed E-state index contributed by atoms with van der Waals surface area (Å²) in [5.74, 6) is -0.238. The van der Waals surface area contributed by atoms with E-state index in [1.54, 1.807) is 18.2 Å². The van der Waals surface area contributed by atoms with Crippen LogP contribution in [-0.4, -0.2) is 27.0 Å². The molecule has 8 heteroatoms. The zero-order valence-electron chi connectivity index (χ0n) is 12.8. The fourth-order valence-electron chi connectivity index (χ4n) is 2.14. The summed E-state index contributed by atoms with van der Waals surface area (Å²) in [4.78, 5) is 29.5. The minimum atomic E-state index is -0.829. The van der Waals surface area contributed by atoms with E-state index in [1.807, 2.05) is 25.1 Å². The van der Waals surface area contributed by atoms with Crippen LogP contribution in [0.3, 0.4) is 0 Å². The fraction of sp³-hybridized carbons (Fsp3) is 0.125. The van der Waals surface area contributed by atoms with E-state index in [2.05, 4.69) is 25.8 Å². The van der Waals surface area contributed by atoms with Gasteiger partial charge in [0.05, 0.1) is 17.4 Å². The third kappa shape index (κ3) is 3.66. The molecule has 0 saturated carbocycles. The van der Waals surface area contributed by atoms with E-state index in [0.717, 1.165) is 5.01 Å². The number of aryl methyl sites for hydroxylation is 1. The van der Waals surface area contributed by atoms with Gasteiger partial charge in [-0.3, -0.25) is 14.7 Å². The predicted octanol–water partition coefficient (Wildman–Crippen LogP) is 2.28. The number of anilines is 1. The Morgan fingerprint density at radius 1 is 1.21 bits per heavy atom. The molecule has 1 aromatic carbocycles. The summed E-state index contributed by atoms with van der Waals surface area (Å²) < 4.78 is 0. The fourth-order valence-corrected chi connectivity index (χ4v) is 2.83. The van der Waals surface area contributed by atoms with Gasteiger partial charge in [0, 0.05) is 6.07 Å². The SMILES string of the molecule is Cc1ncc(C(=O)N[C@@H](C(=O)Nc2ccn[nH]2)c2ccccc2)s1. The predicted molar refractivity (Wildman–Crippen MR) is 90.7 cm³/mol. The van der Waals surface area contributed by atoms with Gasteiger partial charge in [-0.25, -0.2) is 4.98 Å². The summed E-state index contributed by atoms with van der Waals surface area (Å²) in [5, 5.41) is 12.7. The average Bonchev–Trinajstić information content (AvgIpc) is 3.24. The second-order valence-electron chi connectivity index (χ2n) is 5.02. The standard InChI is InChI=1S/C16H15N5O2S/c1-10-17-9-12(24-10)15(22)20-14(11-5-3-2-4-6-11)16(23)19-13-7-8-18-21-13/h2-9,14H,1H3,(H,20,22)(H2,18,19,21,23)/t14-/m1/s1. The van der Waals surface area contributed by atoms with E-state index in [4.69, 9.17) is 0 Å². The van der Waals surface area contributed by atoms with Gasteiger partial charge >= 0.3 is 0 Å². The molecule has 7 nitrogen and oxygen atoms in total. The van der Waals surface area contributed by atoms with Crippen molar-refractivity contribution in [2.24, 2.45) is 0 Å². The zero-order valence-corrected chi connectivity index (χ0v) is 13.6. The van der Waals surface area contributed by atoms with Crippen molar-refractivity contribution in [2.75, 3.05) is 5.32 Å². The summed E-state index contributed by atoms with van der Waals surface area (Å²) in [5.41, 5.74) is 0.684. The van der Waals surface area contributed by atoms with Crippen LogP contribution in [-0.2, 0) is 4.79 Å². The lowest BCUT2D eigenvalue weighted by atomic mass is 10.1. The number of carbonyl (C=O) groups is 2. The normalized spacial score (nSPS) is 11.7. The number of benzene rings is 1. The van der Waals surface area contributed by atoms with Crippen LogP contribution < -0.4 is 10.6 Å². The summed E-state index contributed by atoms with van der Waals surface area (Å²) in [6.45, 7) is 1.82. The molecule has 0 bridgehead atoms. The number of aromatic nitrogens is 3. The molecule has 0 radical (unpaired) electrons. The number of nitrogens with zero attached hydrogens (tertiary/aromatic N) is 2. The Morgan fingerprint density at radius 3 is 2.62 bits per heavy atom. The molecule has 0 aliphatic heterocycles. The van der Waals surface area contributed by atoms with Crippen molar-refractivity contribution < 1.29 is 9.59 Å². The van der Waals surface area contributed by atoms with Gasteiger partial charge in [0.25, 0.3) is 11.8 Å². The first-order valence-electron chi connectivity index (χ1n) is 7.22. The average molecular weight is 341 g/mol. The number of hydrogen-bond acceptors (Lipinski definition) is 5. The third-order valence-corrected chi connectivity index (χ3v) is 4.19. The van der Waals surface area contributed by atoms with Crippen LogP contribution in [0.15, 0.2) is 48.8 Å². The smallest absolute Gasteiger partial charge is 0.263 e. The van der Waals surface area contributed by atoms with E-state index in [0.29, 0.717) is 16.3 Å². The van der Waals surface area contributed by atoms with Crippen LogP contribution in [0.25, 0.3) is 0 Å². The van der Waals surface area contributed by atoms with Crippen LogP contribution in [0.4, 0.5) is 5.82 Å². The molecular formula is C16H15N5O2S. The lowest BCUT2D eigenvalue weighted by molar-refractivity contribution is -0.118. The second kappa shape index (κ2) is 7.05. The van der Waals surface area contributed by atoms with Crippen LogP contribution in [0.5, 0.6) is 0 Å². The molecule has 2 heterocycles. The van der Waals surface area contributed by atoms with Crippen LogP contribution in [0.2, 0.25) is 0 Å². The maximum atomic E-state index is 12.6. The highest BCUT2D eigenvalue weighted by Gasteiger charge is 2.24. The first-order chi connectivity index (χ1) is 11.6. The Hall–Kier alpha value is -3.00. The highest BCUT2D eigenvalue weighted by Crippen LogP contribution is 2.18. The van der Waals surface area contributed by atoms with Gasteiger partial charge in [0.15, 0.2) is 0 Å². The summed E-state index contributed by atoms with van der Waals surface area (Å²) >= 11 is 1.28. The van der Waals surface area contributed by atoms with E-state index < -0.39 is 6.04 Å². The third-order valence-electron chi connectivity index (χ3n) is 3.27. The largest absolute Gasteiger partial charge is 0.336 e. The number of aromatic amines is 1. The molecule has 2 amide bonds. The molecular weight excluding hydrogens is 326 g/mol. The topological polar surface area (TPSA) is 99.8 Å². The second-order valence-corrected chi connectivity index (χ2v) is 6.26. The Bertz CT molecular complexity index is 829. The molecule has 0 fully saturated rings. The first kappa shape index (κ1) is 15.9. The Labute approximate surface area is 142 Å². The maximum absolute atomic E-state index is 12.6. The Balaban J connectivity index is 1.82. The number of nitrogens with one attached hydrogen (secondary N) is 3. The number of hydrogen-bond donors (Lipinski definition) is 3. The molecule has 3 rings (SSSR count). The van der Waals surface area contributed by atoms with Gasteiger partial charge in [0.2, 0.25) is 0 Å². The number of amides is 2. The monoisotopic (exact) mass is 341 g/mol. The molecule has 0 aliphatic rings. The van der Waals surface area contributed by atoms with Gasteiger partial charge in [0.1, 0.15) is 16.7 Å². The number of H-pyrrole nitrogens is 1.